The molecule has 1 atom stereocenters. The molecule has 20 heavy (non-hydrogen) atoms. The molecule has 0 aromatic heterocycles. The number of carbonyl (C=O) groups is 2. The first kappa shape index (κ1) is 15.0. The molecule has 0 saturated heterocycles. The first-order chi connectivity index (χ1) is 9.55. The van der Waals surface area contributed by atoms with Crippen molar-refractivity contribution >= 4 is 11.8 Å². The fourth-order valence-corrected chi connectivity index (χ4v) is 2.74. The molecular formula is C16H22O4. The molecule has 0 spiro atoms. The van der Waals surface area contributed by atoms with Crippen LogP contribution in [0.5, 0.6) is 0 Å². The standard InChI is InChI=1S/C16H22O4/c1-2-3-4-5-6-7-8-16(19)11-12-9-15(18)20-13(12)10-14(16)17/h9-10,19H,2-8,11H2,1H3. The second kappa shape index (κ2) is 6.35. The molecule has 0 aromatic carbocycles. The number of ketones is 1. The number of rotatable bonds is 7. The highest BCUT2D eigenvalue weighted by Gasteiger charge is 2.41. The van der Waals surface area contributed by atoms with Gasteiger partial charge in [0.1, 0.15) is 11.4 Å². The molecule has 2 rings (SSSR count). The van der Waals surface area contributed by atoms with E-state index in [-0.39, 0.29) is 12.2 Å². The smallest absolute Gasteiger partial charge is 0.336 e. The minimum absolute atomic E-state index is 0.193. The molecule has 1 aliphatic carbocycles. The Hall–Kier alpha value is -1.42. The summed E-state index contributed by atoms with van der Waals surface area (Å²) in [5.41, 5.74) is -0.711. The van der Waals surface area contributed by atoms with Gasteiger partial charge in [0.05, 0.1) is 0 Å². The van der Waals surface area contributed by atoms with E-state index in [1.807, 2.05) is 0 Å². The van der Waals surface area contributed by atoms with Crippen molar-refractivity contribution in [2.24, 2.45) is 0 Å². The summed E-state index contributed by atoms with van der Waals surface area (Å²) < 4.78 is 4.90. The first-order valence-corrected chi connectivity index (χ1v) is 7.46. The van der Waals surface area contributed by atoms with Crippen LogP contribution in [0.2, 0.25) is 0 Å². The molecule has 1 N–H and O–H groups in total. The van der Waals surface area contributed by atoms with Crippen molar-refractivity contribution in [3.8, 4) is 0 Å². The number of ether oxygens (including phenoxy) is 1. The van der Waals surface area contributed by atoms with Crippen LogP contribution >= 0.6 is 0 Å². The van der Waals surface area contributed by atoms with Crippen molar-refractivity contribution in [1.82, 2.24) is 0 Å². The maximum Gasteiger partial charge on any atom is 0.336 e. The topological polar surface area (TPSA) is 63.6 Å². The van der Waals surface area contributed by atoms with Gasteiger partial charge in [-0.1, -0.05) is 45.4 Å². The van der Waals surface area contributed by atoms with Crippen molar-refractivity contribution in [1.29, 1.82) is 0 Å². The van der Waals surface area contributed by atoms with E-state index in [9.17, 15) is 14.7 Å². The molecule has 0 radical (unpaired) electrons. The summed E-state index contributed by atoms with van der Waals surface area (Å²) in [4.78, 5) is 23.1. The molecule has 4 nitrogen and oxygen atoms in total. The maximum absolute atomic E-state index is 12.0. The Bertz CT molecular complexity index is 461. The third-order valence-electron chi connectivity index (χ3n) is 3.97. The lowest BCUT2D eigenvalue weighted by molar-refractivity contribution is -0.134. The van der Waals surface area contributed by atoms with Crippen LogP contribution < -0.4 is 0 Å². The number of fused-ring (bicyclic) bond motifs is 1. The third kappa shape index (κ3) is 3.37. The number of allylic oxidation sites excluding steroid dienone is 1. The predicted octanol–water partition coefficient (Wildman–Crippen LogP) is 2.81. The molecule has 2 aliphatic rings. The summed E-state index contributed by atoms with van der Waals surface area (Å²) in [5, 5.41) is 10.5. The van der Waals surface area contributed by atoms with E-state index in [4.69, 9.17) is 4.74 Å². The first-order valence-electron chi connectivity index (χ1n) is 7.46. The molecular weight excluding hydrogens is 256 g/mol. The molecule has 0 aromatic rings. The molecule has 1 unspecified atom stereocenters. The summed E-state index contributed by atoms with van der Waals surface area (Å²) in [6.07, 6.45) is 9.93. The maximum atomic E-state index is 12.0. The van der Waals surface area contributed by atoms with E-state index in [0.717, 1.165) is 19.3 Å². The normalized spacial score (nSPS) is 25.1. The number of hydrogen-bond acceptors (Lipinski definition) is 4. The lowest BCUT2D eigenvalue weighted by atomic mass is 9.80. The fourth-order valence-electron chi connectivity index (χ4n) is 2.74. The van der Waals surface area contributed by atoms with E-state index in [1.165, 1.54) is 31.4 Å². The number of aliphatic hydroxyl groups is 1. The summed E-state index contributed by atoms with van der Waals surface area (Å²) >= 11 is 0. The highest BCUT2D eigenvalue weighted by Crippen LogP contribution is 2.36. The van der Waals surface area contributed by atoms with Gasteiger partial charge in [0, 0.05) is 24.1 Å². The Labute approximate surface area is 119 Å². The largest absolute Gasteiger partial charge is 0.423 e. The van der Waals surface area contributed by atoms with Gasteiger partial charge < -0.3 is 9.84 Å². The summed E-state index contributed by atoms with van der Waals surface area (Å²) in [5.74, 6) is -0.483. The SMILES string of the molecule is CCCCCCCCC1(O)CC2=CC(=O)OC2=CC1=O. The second-order valence-corrected chi connectivity index (χ2v) is 5.69. The lowest BCUT2D eigenvalue weighted by Gasteiger charge is -2.29. The highest BCUT2D eigenvalue weighted by molar-refractivity contribution is 6.02. The Morgan fingerprint density at radius 1 is 1.15 bits per heavy atom. The number of unbranched alkanes of at least 4 members (excludes halogenated alkanes) is 5. The van der Waals surface area contributed by atoms with E-state index in [2.05, 4.69) is 6.92 Å². The molecule has 1 aliphatic heterocycles. The molecule has 0 bridgehead atoms. The van der Waals surface area contributed by atoms with Gasteiger partial charge in [-0.2, -0.15) is 0 Å². The third-order valence-corrected chi connectivity index (χ3v) is 3.97. The van der Waals surface area contributed by atoms with Crippen LogP contribution in [0, 0.1) is 0 Å². The van der Waals surface area contributed by atoms with E-state index < -0.39 is 11.6 Å². The molecule has 4 heteroatoms. The van der Waals surface area contributed by atoms with Crippen molar-refractivity contribution in [3.63, 3.8) is 0 Å². The number of carbonyl (C=O) groups excluding carboxylic acids is 2. The van der Waals surface area contributed by atoms with Crippen LogP contribution in [0.15, 0.2) is 23.5 Å². The predicted molar refractivity (Wildman–Crippen MR) is 74.8 cm³/mol. The zero-order chi connectivity index (χ0) is 14.6. The van der Waals surface area contributed by atoms with Gasteiger partial charge in [0.15, 0.2) is 5.78 Å². The van der Waals surface area contributed by atoms with Gasteiger partial charge >= 0.3 is 5.97 Å². The monoisotopic (exact) mass is 278 g/mol. The summed E-state index contributed by atoms with van der Waals surface area (Å²) in [6.45, 7) is 2.17. The zero-order valence-electron chi connectivity index (χ0n) is 12.0. The molecule has 0 amide bonds. The Morgan fingerprint density at radius 3 is 2.60 bits per heavy atom. The van der Waals surface area contributed by atoms with Gasteiger partial charge in [-0.25, -0.2) is 4.79 Å². The van der Waals surface area contributed by atoms with Gasteiger partial charge in [-0.05, 0) is 6.42 Å². The molecule has 1 heterocycles. The van der Waals surface area contributed by atoms with Crippen molar-refractivity contribution in [2.75, 3.05) is 0 Å². The van der Waals surface area contributed by atoms with Crippen molar-refractivity contribution in [3.05, 3.63) is 23.5 Å². The van der Waals surface area contributed by atoms with E-state index in [0.29, 0.717) is 17.8 Å². The number of esters is 1. The minimum atomic E-state index is -1.35. The van der Waals surface area contributed by atoms with Crippen molar-refractivity contribution < 1.29 is 19.4 Å². The summed E-state index contributed by atoms with van der Waals surface area (Å²) in [6, 6.07) is 0. The molecule has 0 fully saturated rings. The summed E-state index contributed by atoms with van der Waals surface area (Å²) in [7, 11) is 0. The zero-order valence-corrected chi connectivity index (χ0v) is 12.0. The lowest BCUT2D eigenvalue weighted by Crippen LogP contribution is -2.40. The van der Waals surface area contributed by atoms with E-state index in [1.54, 1.807) is 0 Å². The Balaban J connectivity index is 1.86. The van der Waals surface area contributed by atoms with Gasteiger partial charge in [0.2, 0.25) is 0 Å². The van der Waals surface area contributed by atoms with Crippen molar-refractivity contribution in [2.45, 2.75) is 63.9 Å². The quantitative estimate of drug-likeness (QED) is 0.574. The average molecular weight is 278 g/mol. The average Bonchev–Trinajstić information content (AvgIpc) is 2.73. The Morgan fingerprint density at radius 2 is 1.85 bits per heavy atom. The Kier molecular flexibility index (Phi) is 4.76. The van der Waals surface area contributed by atoms with Crippen LogP contribution in [-0.4, -0.2) is 22.5 Å². The van der Waals surface area contributed by atoms with Gasteiger partial charge in [-0.3, -0.25) is 4.79 Å². The molecule has 0 saturated carbocycles. The minimum Gasteiger partial charge on any atom is -0.423 e. The number of hydrogen-bond donors (Lipinski definition) is 1. The van der Waals surface area contributed by atoms with Gasteiger partial charge in [0.25, 0.3) is 0 Å². The van der Waals surface area contributed by atoms with E-state index >= 15 is 0 Å². The molecule has 110 valence electrons. The van der Waals surface area contributed by atoms with Crippen LogP contribution in [0.3, 0.4) is 0 Å². The van der Waals surface area contributed by atoms with Crippen LogP contribution in [0.4, 0.5) is 0 Å². The second-order valence-electron chi connectivity index (χ2n) is 5.69. The van der Waals surface area contributed by atoms with Crippen LogP contribution in [0.1, 0.15) is 58.3 Å². The fraction of sp³-hybridized carbons (Fsp3) is 0.625. The van der Waals surface area contributed by atoms with Crippen LogP contribution in [-0.2, 0) is 14.3 Å². The van der Waals surface area contributed by atoms with Crippen LogP contribution in [0.25, 0.3) is 0 Å². The highest BCUT2D eigenvalue weighted by atomic mass is 16.5. The van der Waals surface area contributed by atoms with Gasteiger partial charge in [-0.15, -0.1) is 0 Å².